The fourth-order valence-electron chi connectivity index (χ4n) is 2.71. The zero-order chi connectivity index (χ0) is 13.1. The van der Waals surface area contributed by atoms with Crippen molar-refractivity contribution in [2.24, 2.45) is 5.73 Å². The van der Waals surface area contributed by atoms with Crippen molar-refractivity contribution in [2.45, 2.75) is 31.4 Å². The molecule has 1 aromatic carbocycles. The first-order chi connectivity index (χ1) is 9.31. The highest BCUT2D eigenvalue weighted by Crippen LogP contribution is 2.25. The van der Waals surface area contributed by atoms with E-state index in [-0.39, 0.29) is 6.10 Å². The second kappa shape index (κ2) is 5.80. The molecule has 0 spiro atoms. The van der Waals surface area contributed by atoms with E-state index >= 15 is 0 Å². The van der Waals surface area contributed by atoms with E-state index in [0.29, 0.717) is 12.6 Å². The van der Waals surface area contributed by atoms with Gasteiger partial charge in [0.25, 0.3) is 0 Å². The Morgan fingerprint density at radius 1 is 1.21 bits per heavy atom. The van der Waals surface area contributed by atoms with Gasteiger partial charge in [-0.2, -0.15) is 0 Å². The van der Waals surface area contributed by atoms with Crippen molar-refractivity contribution in [1.29, 1.82) is 0 Å². The minimum atomic E-state index is 0.213. The van der Waals surface area contributed by atoms with Crippen LogP contribution < -0.4 is 15.4 Å². The molecule has 4 nitrogen and oxygen atoms in total. The van der Waals surface area contributed by atoms with E-state index < -0.39 is 0 Å². The van der Waals surface area contributed by atoms with Crippen molar-refractivity contribution in [2.75, 3.05) is 31.2 Å². The van der Waals surface area contributed by atoms with Gasteiger partial charge in [0, 0.05) is 37.3 Å². The van der Waals surface area contributed by atoms with Crippen LogP contribution in [0.15, 0.2) is 24.3 Å². The summed E-state index contributed by atoms with van der Waals surface area (Å²) in [5, 5.41) is 0. The van der Waals surface area contributed by atoms with Crippen LogP contribution in [0.4, 0.5) is 5.69 Å². The molecule has 2 fully saturated rings. The lowest BCUT2D eigenvalue weighted by Crippen LogP contribution is -2.39. The summed E-state index contributed by atoms with van der Waals surface area (Å²) in [4.78, 5) is 2.39. The first kappa shape index (κ1) is 12.8. The van der Waals surface area contributed by atoms with Gasteiger partial charge in [0.15, 0.2) is 0 Å². The lowest BCUT2D eigenvalue weighted by atomic mass is 10.1. The van der Waals surface area contributed by atoms with Gasteiger partial charge in [-0.3, -0.25) is 0 Å². The molecule has 1 aromatic rings. The Balaban J connectivity index is 1.65. The van der Waals surface area contributed by atoms with Crippen LogP contribution in [0, 0.1) is 0 Å². The number of hydrogen-bond acceptors (Lipinski definition) is 4. The number of ether oxygens (including phenoxy) is 2. The number of anilines is 1. The van der Waals surface area contributed by atoms with Crippen LogP contribution in [0.2, 0.25) is 0 Å². The fourth-order valence-corrected chi connectivity index (χ4v) is 2.71. The first-order valence-electron chi connectivity index (χ1n) is 7.16. The van der Waals surface area contributed by atoms with Crippen molar-refractivity contribution in [1.82, 2.24) is 0 Å². The highest BCUT2D eigenvalue weighted by atomic mass is 16.5. The molecule has 4 heteroatoms. The highest BCUT2D eigenvalue weighted by molar-refractivity contribution is 5.51. The quantitative estimate of drug-likeness (QED) is 0.902. The van der Waals surface area contributed by atoms with E-state index in [9.17, 15) is 0 Å². The maximum Gasteiger partial charge on any atom is 0.124 e. The highest BCUT2D eigenvalue weighted by Gasteiger charge is 2.19. The number of hydrogen-bond donors (Lipinski definition) is 1. The summed E-state index contributed by atoms with van der Waals surface area (Å²) in [6.45, 7) is 3.60. The Morgan fingerprint density at radius 2 is 2.05 bits per heavy atom. The van der Waals surface area contributed by atoms with Crippen LogP contribution in [0.3, 0.4) is 0 Å². The molecule has 0 amide bonds. The molecule has 2 aliphatic rings. The van der Waals surface area contributed by atoms with Gasteiger partial charge in [-0.05, 0) is 25.0 Å². The van der Waals surface area contributed by atoms with E-state index in [4.69, 9.17) is 15.2 Å². The third-order valence-electron chi connectivity index (χ3n) is 3.91. The molecular formula is C15H22N2O2. The largest absolute Gasteiger partial charge is 0.488 e. The zero-order valence-corrected chi connectivity index (χ0v) is 11.3. The molecule has 1 atom stereocenters. The normalized spacial score (nSPS) is 24.7. The molecule has 19 heavy (non-hydrogen) atoms. The van der Waals surface area contributed by atoms with E-state index in [1.54, 1.807) is 0 Å². The topological polar surface area (TPSA) is 47.7 Å². The third kappa shape index (κ3) is 3.19. The second-order valence-corrected chi connectivity index (χ2v) is 5.43. The van der Waals surface area contributed by atoms with Crippen LogP contribution in [0.1, 0.15) is 19.3 Å². The number of piperidine rings is 1. The van der Waals surface area contributed by atoms with Crippen LogP contribution >= 0.6 is 0 Å². The maximum atomic E-state index is 5.95. The van der Waals surface area contributed by atoms with Gasteiger partial charge in [0.05, 0.1) is 13.2 Å². The van der Waals surface area contributed by atoms with Gasteiger partial charge in [0.1, 0.15) is 11.9 Å². The van der Waals surface area contributed by atoms with Crippen molar-refractivity contribution in [3.63, 3.8) is 0 Å². The van der Waals surface area contributed by atoms with Gasteiger partial charge < -0.3 is 20.1 Å². The number of benzene rings is 1. The summed E-state index contributed by atoms with van der Waals surface area (Å²) in [5.41, 5.74) is 7.19. The Hall–Kier alpha value is -1.26. The summed E-state index contributed by atoms with van der Waals surface area (Å²) < 4.78 is 11.3. The summed E-state index contributed by atoms with van der Waals surface area (Å²) in [5.74, 6) is 0.947. The van der Waals surface area contributed by atoms with Gasteiger partial charge >= 0.3 is 0 Å². The predicted molar refractivity (Wildman–Crippen MR) is 75.7 cm³/mol. The van der Waals surface area contributed by atoms with Gasteiger partial charge in [-0.25, -0.2) is 0 Å². The molecule has 0 radical (unpaired) electrons. The van der Waals surface area contributed by atoms with E-state index in [2.05, 4.69) is 23.1 Å². The Kier molecular flexibility index (Phi) is 3.89. The van der Waals surface area contributed by atoms with Crippen molar-refractivity contribution >= 4 is 5.69 Å². The van der Waals surface area contributed by atoms with E-state index in [1.165, 1.54) is 5.69 Å². The lowest BCUT2D eigenvalue weighted by Gasteiger charge is -2.32. The van der Waals surface area contributed by atoms with Gasteiger partial charge in [0.2, 0.25) is 0 Å². The lowest BCUT2D eigenvalue weighted by molar-refractivity contribution is 0.141. The van der Waals surface area contributed by atoms with Crippen LogP contribution in [0.25, 0.3) is 0 Å². The van der Waals surface area contributed by atoms with Gasteiger partial charge in [-0.1, -0.05) is 6.07 Å². The van der Waals surface area contributed by atoms with Crippen LogP contribution in [-0.2, 0) is 4.74 Å². The van der Waals surface area contributed by atoms with Gasteiger partial charge in [-0.15, -0.1) is 0 Å². The maximum absolute atomic E-state index is 5.95. The minimum Gasteiger partial charge on any atom is -0.488 e. The molecule has 3 rings (SSSR count). The Bertz CT molecular complexity index is 410. The third-order valence-corrected chi connectivity index (χ3v) is 3.91. The molecule has 104 valence electrons. The molecule has 0 aromatic heterocycles. The Labute approximate surface area is 114 Å². The molecule has 1 unspecified atom stereocenters. The number of nitrogens with zero attached hydrogens (tertiary/aromatic N) is 1. The standard InChI is InChI=1S/C15H22N2O2/c16-12-4-7-17(8-5-12)13-2-1-3-14(10-13)19-15-6-9-18-11-15/h1-3,10,12,15H,4-9,11,16H2. The summed E-state index contributed by atoms with van der Waals surface area (Å²) in [7, 11) is 0. The number of nitrogens with two attached hydrogens (primary N) is 1. The average Bonchev–Trinajstić information content (AvgIpc) is 2.93. The van der Waals surface area contributed by atoms with Crippen molar-refractivity contribution < 1.29 is 9.47 Å². The van der Waals surface area contributed by atoms with E-state index in [1.807, 2.05) is 6.07 Å². The summed E-state index contributed by atoms with van der Waals surface area (Å²) in [6, 6.07) is 8.74. The monoisotopic (exact) mass is 262 g/mol. The van der Waals surface area contributed by atoms with E-state index in [0.717, 1.165) is 44.7 Å². The molecule has 2 heterocycles. The molecular weight excluding hydrogens is 240 g/mol. The number of rotatable bonds is 3. The smallest absolute Gasteiger partial charge is 0.124 e. The molecule has 2 saturated heterocycles. The molecule has 0 aliphatic carbocycles. The molecule has 0 bridgehead atoms. The van der Waals surface area contributed by atoms with Crippen molar-refractivity contribution in [3.05, 3.63) is 24.3 Å². The average molecular weight is 262 g/mol. The van der Waals surface area contributed by atoms with Crippen LogP contribution in [0.5, 0.6) is 5.75 Å². The van der Waals surface area contributed by atoms with Crippen LogP contribution in [-0.4, -0.2) is 38.4 Å². The summed E-state index contributed by atoms with van der Waals surface area (Å²) >= 11 is 0. The molecule has 2 aliphatic heterocycles. The predicted octanol–water partition coefficient (Wildman–Crippen LogP) is 1.78. The second-order valence-electron chi connectivity index (χ2n) is 5.43. The first-order valence-corrected chi connectivity index (χ1v) is 7.16. The fraction of sp³-hybridized carbons (Fsp3) is 0.600. The molecule has 0 saturated carbocycles. The minimum absolute atomic E-state index is 0.213. The molecule has 2 N–H and O–H groups in total. The Morgan fingerprint density at radius 3 is 2.79 bits per heavy atom. The zero-order valence-electron chi connectivity index (χ0n) is 11.3. The van der Waals surface area contributed by atoms with Crippen molar-refractivity contribution in [3.8, 4) is 5.75 Å². The SMILES string of the molecule is NC1CCN(c2cccc(OC3CCOC3)c2)CC1. The summed E-state index contributed by atoms with van der Waals surface area (Å²) in [6.07, 6.45) is 3.34.